The topological polar surface area (TPSA) is 79.1 Å². The molecule has 0 amide bonds. The first-order chi connectivity index (χ1) is 15.2. The molecule has 3 aromatic carbocycles. The van der Waals surface area contributed by atoms with Crippen LogP contribution in [0.1, 0.15) is 33.4 Å². The van der Waals surface area contributed by atoms with Crippen molar-refractivity contribution in [2.45, 2.75) is 41.5 Å². The van der Waals surface area contributed by atoms with E-state index in [1.165, 1.54) is 0 Å². The van der Waals surface area contributed by atoms with Crippen molar-refractivity contribution in [1.29, 1.82) is 0 Å². The molecule has 4 aromatic rings. The summed E-state index contributed by atoms with van der Waals surface area (Å²) in [5.41, 5.74) is 7.69. The maximum atomic E-state index is 10.8. The second-order valence-corrected chi connectivity index (χ2v) is 8.43. The van der Waals surface area contributed by atoms with Crippen LogP contribution in [0.5, 0.6) is 11.5 Å². The molecule has 1 heterocycles. The SMILES string of the molecule is Cc1ccc(-c2nc(-c3ccc(C)c(C)c3O)nc(-c3ccc(C)c(C)c3O)n2)c(C)c1. The minimum absolute atomic E-state index is 0.151. The van der Waals surface area contributed by atoms with E-state index in [0.29, 0.717) is 28.6 Å². The summed E-state index contributed by atoms with van der Waals surface area (Å²) in [6.07, 6.45) is 0. The normalized spacial score (nSPS) is 11.1. The molecule has 0 radical (unpaired) electrons. The Morgan fingerprint density at radius 1 is 0.500 bits per heavy atom. The summed E-state index contributed by atoms with van der Waals surface area (Å²) in [6.45, 7) is 11.7. The predicted molar refractivity (Wildman–Crippen MR) is 128 cm³/mol. The number of phenols is 2. The number of aromatic nitrogens is 3. The van der Waals surface area contributed by atoms with Gasteiger partial charge in [0.1, 0.15) is 11.5 Å². The van der Waals surface area contributed by atoms with E-state index in [-0.39, 0.29) is 11.5 Å². The number of benzene rings is 3. The van der Waals surface area contributed by atoms with Crippen molar-refractivity contribution >= 4 is 0 Å². The van der Waals surface area contributed by atoms with Gasteiger partial charge >= 0.3 is 0 Å². The van der Waals surface area contributed by atoms with Crippen LogP contribution in [0, 0.1) is 41.5 Å². The summed E-state index contributed by atoms with van der Waals surface area (Å²) >= 11 is 0. The van der Waals surface area contributed by atoms with E-state index in [1.54, 1.807) is 0 Å². The van der Waals surface area contributed by atoms with E-state index in [4.69, 9.17) is 9.97 Å². The van der Waals surface area contributed by atoms with Crippen LogP contribution >= 0.6 is 0 Å². The second kappa shape index (κ2) is 8.08. The fourth-order valence-electron chi connectivity index (χ4n) is 3.76. The molecule has 4 rings (SSSR count). The molecule has 0 saturated heterocycles. The molecule has 0 atom stereocenters. The van der Waals surface area contributed by atoms with Gasteiger partial charge in [0.25, 0.3) is 0 Å². The predicted octanol–water partition coefficient (Wildman–Crippen LogP) is 6.13. The molecule has 0 bridgehead atoms. The van der Waals surface area contributed by atoms with Crippen LogP contribution in [0.15, 0.2) is 42.5 Å². The Morgan fingerprint density at radius 3 is 1.34 bits per heavy atom. The van der Waals surface area contributed by atoms with Gasteiger partial charge in [0.2, 0.25) is 0 Å². The minimum Gasteiger partial charge on any atom is -0.507 e. The summed E-state index contributed by atoms with van der Waals surface area (Å²) in [4.78, 5) is 14.1. The molecule has 0 fully saturated rings. The molecular weight excluding hydrogens is 398 g/mol. The molecule has 0 unspecified atom stereocenters. The van der Waals surface area contributed by atoms with Gasteiger partial charge in [-0.25, -0.2) is 15.0 Å². The first-order valence-corrected chi connectivity index (χ1v) is 10.6. The van der Waals surface area contributed by atoms with Gasteiger partial charge in [-0.15, -0.1) is 0 Å². The van der Waals surface area contributed by atoms with Crippen LogP contribution in [0.4, 0.5) is 0 Å². The van der Waals surface area contributed by atoms with E-state index in [1.807, 2.05) is 77.9 Å². The van der Waals surface area contributed by atoms with Gasteiger partial charge < -0.3 is 10.2 Å². The van der Waals surface area contributed by atoms with Crippen molar-refractivity contribution in [3.8, 4) is 45.7 Å². The van der Waals surface area contributed by atoms with Crippen LogP contribution < -0.4 is 0 Å². The van der Waals surface area contributed by atoms with Gasteiger partial charge in [-0.1, -0.05) is 35.9 Å². The zero-order chi connectivity index (χ0) is 23.2. The van der Waals surface area contributed by atoms with Gasteiger partial charge in [0.15, 0.2) is 17.5 Å². The van der Waals surface area contributed by atoms with Crippen LogP contribution in [-0.2, 0) is 0 Å². The lowest BCUT2D eigenvalue weighted by molar-refractivity contribution is 0.472. The molecule has 0 spiro atoms. The Hall–Kier alpha value is -3.73. The average molecular weight is 426 g/mol. The standard InChI is InChI=1S/C27H27N3O2/c1-14-7-10-20(17(4)13-14)25-28-26(21-11-8-15(2)18(5)23(21)31)30-27(29-25)22-12-9-16(3)19(6)24(22)32/h7-13,31-32H,1-6H3. The summed E-state index contributed by atoms with van der Waals surface area (Å²) in [5, 5.41) is 21.7. The highest BCUT2D eigenvalue weighted by Crippen LogP contribution is 2.36. The van der Waals surface area contributed by atoms with E-state index in [0.717, 1.165) is 38.9 Å². The zero-order valence-electron chi connectivity index (χ0n) is 19.3. The minimum atomic E-state index is 0.151. The van der Waals surface area contributed by atoms with Crippen molar-refractivity contribution in [2.24, 2.45) is 0 Å². The molecule has 2 N–H and O–H groups in total. The Morgan fingerprint density at radius 2 is 0.906 bits per heavy atom. The highest BCUT2D eigenvalue weighted by Gasteiger charge is 2.19. The van der Waals surface area contributed by atoms with Crippen LogP contribution in [0.2, 0.25) is 0 Å². The number of rotatable bonds is 3. The molecule has 5 heteroatoms. The third-order valence-electron chi connectivity index (χ3n) is 6.14. The van der Waals surface area contributed by atoms with Crippen molar-refractivity contribution in [3.05, 3.63) is 75.8 Å². The highest BCUT2D eigenvalue weighted by molar-refractivity contribution is 5.74. The number of aromatic hydroxyl groups is 2. The van der Waals surface area contributed by atoms with Gasteiger partial charge in [0.05, 0.1) is 11.1 Å². The van der Waals surface area contributed by atoms with Gasteiger partial charge in [0, 0.05) is 5.56 Å². The quantitative estimate of drug-likeness (QED) is 0.412. The number of hydrogen-bond donors (Lipinski definition) is 2. The Bertz CT molecular complexity index is 1280. The number of nitrogens with zero attached hydrogens (tertiary/aromatic N) is 3. The highest BCUT2D eigenvalue weighted by atomic mass is 16.3. The summed E-state index contributed by atoms with van der Waals surface area (Å²) in [5.74, 6) is 1.53. The zero-order valence-corrected chi connectivity index (χ0v) is 19.3. The lowest BCUT2D eigenvalue weighted by atomic mass is 10.0. The molecule has 32 heavy (non-hydrogen) atoms. The fourth-order valence-corrected chi connectivity index (χ4v) is 3.76. The van der Waals surface area contributed by atoms with Crippen LogP contribution in [0.25, 0.3) is 34.2 Å². The van der Waals surface area contributed by atoms with Gasteiger partial charge in [-0.2, -0.15) is 0 Å². The summed E-state index contributed by atoms with van der Waals surface area (Å²) in [6, 6.07) is 13.6. The van der Waals surface area contributed by atoms with E-state index >= 15 is 0 Å². The Labute approximate surface area is 188 Å². The average Bonchev–Trinajstić information content (AvgIpc) is 2.75. The lowest BCUT2D eigenvalue weighted by Crippen LogP contribution is -2.02. The first-order valence-electron chi connectivity index (χ1n) is 10.6. The Kier molecular flexibility index (Phi) is 5.43. The number of phenolic OH excluding ortho intramolecular Hbond substituents is 2. The van der Waals surface area contributed by atoms with E-state index < -0.39 is 0 Å². The number of hydrogen-bond acceptors (Lipinski definition) is 5. The van der Waals surface area contributed by atoms with Crippen molar-refractivity contribution in [1.82, 2.24) is 15.0 Å². The third-order valence-corrected chi connectivity index (χ3v) is 6.14. The summed E-state index contributed by atoms with van der Waals surface area (Å²) < 4.78 is 0. The van der Waals surface area contributed by atoms with Gasteiger partial charge in [-0.3, -0.25) is 0 Å². The molecule has 5 nitrogen and oxygen atoms in total. The fraction of sp³-hybridized carbons (Fsp3) is 0.222. The van der Waals surface area contributed by atoms with E-state index in [2.05, 4.69) is 11.1 Å². The van der Waals surface area contributed by atoms with Gasteiger partial charge in [-0.05, 0) is 81.5 Å². The molecule has 0 aliphatic rings. The molecule has 162 valence electrons. The molecular formula is C27H27N3O2. The number of aryl methyl sites for hydroxylation is 4. The molecule has 0 saturated carbocycles. The monoisotopic (exact) mass is 425 g/mol. The second-order valence-electron chi connectivity index (χ2n) is 8.43. The summed E-state index contributed by atoms with van der Waals surface area (Å²) in [7, 11) is 0. The molecule has 0 aliphatic heterocycles. The largest absolute Gasteiger partial charge is 0.507 e. The van der Waals surface area contributed by atoms with E-state index in [9.17, 15) is 10.2 Å². The smallest absolute Gasteiger partial charge is 0.167 e. The first kappa shape index (κ1) is 21.5. The van der Waals surface area contributed by atoms with Crippen molar-refractivity contribution in [2.75, 3.05) is 0 Å². The van der Waals surface area contributed by atoms with Crippen LogP contribution in [0.3, 0.4) is 0 Å². The van der Waals surface area contributed by atoms with Crippen molar-refractivity contribution in [3.63, 3.8) is 0 Å². The lowest BCUT2D eigenvalue weighted by Gasteiger charge is -2.14. The molecule has 1 aromatic heterocycles. The van der Waals surface area contributed by atoms with Crippen LogP contribution in [-0.4, -0.2) is 25.2 Å². The Balaban J connectivity index is 2.02. The maximum Gasteiger partial charge on any atom is 0.167 e. The van der Waals surface area contributed by atoms with Crippen molar-refractivity contribution < 1.29 is 10.2 Å². The molecule has 0 aliphatic carbocycles. The third kappa shape index (κ3) is 3.71. The maximum absolute atomic E-state index is 10.8.